The van der Waals surface area contributed by atoms with Gasteiger partial charge in [-0.15, -0.1) is 0 Å². The van der Waals surface area contributed by atoms with Crippen LogP contribution >= 0.6 is 23.7 Å². The van der Waals surface area contributed by atoms with Gasteiger partial charge in [-0.25, -0.2) is 14.3 Å². The summed E-state index contributed by atoms with van der Waals surface area (Å²) in [5.74, 6) is 1.53. The first kappa shape index (κ1) is 22.9. The summed E-state index contributed by atoms with van der Waals surface area (Å²) in [5.41, 5.74) is 2.14. The second-order valence-electron chi connectivity index (χ2n) is 7.36. The number of aromatic nitrogens is 2. The van der Waals surface area contributed by atoms with Gasteiger partial charge >= 0.3 is 0 Å². The fourth-order valence-electron chi connectivity index (χ4n) is 3.39. The zero-order chi connectivity index (χ0) is 21.5. The zero-order valence-corrected chi connectivity index (χ0v) is 19.7. The van der Waals surface area contributed by atoms with Crippen molar-refractivity contribution in [3.63, 3.8) is 0 Å². The van der Waals surface area contributed by atoms with Crippen LogP contribution in [0.1, 0.15) is 61.5 Å². The summed E-state index contributed by atoms with van der Waals surface area (Å²) < 4.78 is 8.05. The highest BCUT2D eigenvalue weighted by atomic mass is 32.2. The van der Waals surface area contributed by atoms with E-state index in [0.717, 1.165) is 47.8 Å². The lowest BCUT2D eigenvalue weighted by molar-refractivity contribution is 0.112. The van der Waals surface area contributed by atoms with E-state index in [1.165, 1.54) is 31.0 Å². The molecule has 30 heavy (non-hydrogen) atoms. The average Bonchev–Trinajstić information content (AvgIpc) is 2.79. The molecule has 1 aliphatic heterocycles. The van der Waals surface area contributed by atoms with E-state index >= 15 is 0 Å². The molecule has 2 heterocycles. The molecular formula is C22H30N4O2S2. The molecule has 0 radical (unpaired) electrons. The second-order valence-corrected chi connectivity index (χ2v) is 9.27. The van der Waals surface area contributed by atoms with Crippen LogP contribution in [0, 0.1) is 0 Å². The quantitative estimate of drug-likeness (QED) is 0.225. The molecule has 1 aromatic heterocycles. The van der Waals surface area contributed by atoms with E-state index in [9.17, 15) is 4.79 Å². The van der Waals surface area contributed by atoms with E-state index in [-0.39, 0.29) is 5.92 Å². The van der Waals surface area contributed by atoms with Crippen molar-refractivity contribution in [3.05, 3.63) is 29.5 Å². The maximum Gasteiger partial charge on any atom is 0.189 e. The SMILES string of the molecule is CCC(C)c1nc(SC)nc(Nc2ccc(SN3CCCCC3)c(OC)c2)c1C=O. The monoisotopic (exact) mass is 446 g/mol. The molecule has 2 aromatic rings. The molecule has 0 aliphatic carbocycles. The number of thioether (sulfide) groups is 1. The van der Waals surface area contributed by atoms with Crippen molar-refractivity contribution < 1.29 is 9.53 Å². The Morgan fingerprint density at radius 3 is 2.67 bits per heavy atom. The highest BCUT2D eigenvalue weighted by Crippen LogP contribution is 2.36. The van der Waals surface area contributed by atoms with Gasteiger partial charge in [0, 0.05) is 24.8 Å². The minimum Gasteiger partial charge on any atom is -0.495 e. The number of hydrogen-bond acceptors (Lipinski definition) is 8. The molecule has 162 valence electrons. The summed E-state index contributed by atoms with van der Waals surface area (Å²) >= 11 is 3.22. The van der Waals surface area contributed by atoms with Crippen LogP contribution in [-0.2, 0) is 0 Å². The van der Waals surface area contributed by atoms with E-state index in [4.69, 9.17) is 4.74 Å². The number of benzene rings is 1. The Labute approximate surface area is 187 Å². The highest BCUT2D eigenvalue weighted by molar-refractivity contribution is 7.98. The molecule has 6 nitrogen and oxygen atoms in total. The van der Waals surface area contributed by atoms with Crippen molar-refractivity contribution in [2.24, 2.45) is 0 Å². The predicted molar refractivity (Wildman–Crippen MR) is 125 cm³/mol. The number of carbonyl (C=O) groups is 1. The molecule has 1 aliphatic rings. The maximum atomic E-state index is 11.9. The van der Waals surface area contributed by atoms with Crippen LogP contribution in [0.4, 0.5) is 11.5 Å². The molecule has 1 aromatic carbocycles. The van der Waals surface area contributed by atoms with Crippen LogP contribution in [0.2, 0.25) is 0 Å². The van der Waals surface area contributed by atoms with Gasteiger partial charge in [-0.1, -0.05) is 32.0 Å². The summed E-state index contributed by atoms with van der Waals surface area (Å²) in [5, 5.41) is 3.98. The molecule has 0 bridgehead atoms. The lowest BCUT2D eigenvalue weighted by Crippen LogP contribution is -2.22. The Balaban J connectivity index is 1.89. The third kappa shape index (κ3) is 5.47. The van der Waals surface area contributed by atoms with Gasteiger partial charge in [-0.3, -0.25) is 4.79 Å². The molecule has 1 unspecified atom stereocenters. The number of ether oxygens (including phenoxy) is 1. The molecule has 1 fully saturated rings. The summed E-state index contributed by atoms with van der Waals surface area (Å²) in [6.07, 6.45) is 7.50. The van der Waals surface area contributed by atoms with Crippen LogP contribution in [0.15, 0.2) is 28.3 Å². The molecule has 8 heteroatoms. The van der Waals surface area contributed by atoms with Crippen molar-refractivity contribution in [2.75, 3.05) is 31.8 Å². The first-order valence-corrected chi connectivity index (χ1v) is 12.4. The Morgan fingerprint density at radius 1 is 1.27 bits per heavy atom. The number of rotatable bonds is 9. The van der Waals surface area contributed by atoms with E-state index in [2.05, 4.69) is 39.5 Å². The van der Waals surface area contributed by atoms with Crippen LogP contribution in [-0.4, -0.2) is 47.0 Å². The smallest absolute Gasteiger partial charge is 0.189 e. The van der Waals surface area contributed by atoms with Gasteiger partial charge in [0.2, 0.25) is 0 Å². The lowest BCUT2D eigenvalue weighted by Gasteiger charge is -2.25. The van der Waals surface area contributed by atoms with Crippen molar-refractivity contribution in [3.8, 4) is 5.75 Å². The number of methoxy groups -OCH3 is 1. The number of nitrogens with zero attached hydrogens (tertiary/aromatic N) is 3. The van der Waals surface area contributed by atoms with Gasteiger partial charge in [0.25, 0.3) is 0 Å². The maximum absolute atomic E-state index is 11.9. The Kier molecular flexibility index (Phi) is 8.41. The van der Waals surface area contributed by atoms with E-state index in [1.54, 1.807) is 19.1 Å². The molecule has 1 atom stereocenters. The molecule has 0 saturated carbocycles. The average molecular weight is 447 g/mol. The van der Waals surface area contributed by atoms with Crippen molar-refractivity contribution in [1.29, 1.82) is 0 Å². The normalized spacial score (nSPS) is 15.6. The van der Waals surface area contributed by atoms with Crippen LogP contribution in [0.3, 0.4) is 0 Å². The highest BCUT2D eigenvalue weighted by Gasteiger charge is 2.19. The fraction of sp³-hybridized carbons (Fsp3) is 0.500. The van der Waals surface area contributed by atoms with Crippen molar-refractivity contribution >= 4 is 41.5 Å². The van der Waals surface area contributed by atoms with E-state index in [0.29, 0.717) is 16.5 Å². The fourth-order valence-corrected chi connectivity index (χ4v) is 4.84. The third-order valence-electron chi connectivity index (χ3n) is 5.30. The number of piperidine rings is 1. The summed E-state index contributed by atoms with van der Waals surface area (Å²) in [7, 11) is 1.69. The van der Waals surface area contributed by atoms with Gasteiger partial charge in [-0.2, -0.15) is 0 Å². The number of hydrogen-bond donors (Lipinski definition) is 1. The molecule has 0 amide bonds. The summed E-state index contributed by atoms with van der Waals surface area (Å²) in [6, 6.07) is 6.03. The van der Waals surface area contributed by atoms with Crippen LogP contribution in [0.5, 0.6) is 5.75 Å². The standard InChI is InChI=1S/C22H30N4O2S2/c1-5-15(2)20-17(14-27)21(25-22(24-20)29-4)23-16-9-10-19(18(13-16)28-3)30-26-11-7-6-8-12-26/h9-10,13-15H,5-8,11-12H2,1-4H3,(H,23,24,25). The van der Waals surface area contributed by atoms with Gasteiger partial charge < -0.3 is 10.1 Å². The number of carbonyl (C=O) groups excluding carboxylic acids is 1. The van der Waals surface area contributed by atoms with Gasteiger partial charge in [0.15, 0.2) is 11.4 Å². The zero-order valence-electron chi connectivity index (χ0n) is 18.1. The van der Waals surface area contributed by atoms with E-state index in [1.807, 2.05) is 18.4 Å². The first-order chi connectivity index (χ1) is 14.6. The lowest BCUT2D eigenvalue weighted by atomic mass is 10.0. The molecule has 0 spiro atoms. The minimum atomic E-state index is 0.178. The molecule has 3 rings (SSSR count). The molecular weight excluding hydrogens is 416 g/mol. The second kappa shape index (κ2) is 11.0. The predicted octanol–water partition coefficient (Wildman–Crippen LogP) is 5.77. The van der Waals surface area contributed by atoms with Crippen LogP contribution < -0.4 is 10.1 Å². The third-order valence-corrected chi connectivity index (χ3v) is 7.01. The number of nitrogens with one attached hydrogen (secondary N) is 1. The first-order valence-electron chi connectivity index (χ1n) is 10.4. The summed E-state index contributed by atoms with van der Waals surface area (Å²) in [6.45, 7) is 6.39. The minimum absolute atomic E-state index is 0.178. The van der Waals surface area contributed by atoms with Gasteiger partial charge in [0.1, 0.15) is 11.6 Å². The van der Waals surface area contributed by atoms with Gasteiger partial charge in [-0.05, 0) is 55.5 Å². The Bertz CT molecular complexity index is 872. The number of aldehydes is 1. The van der Waals surface area contributed by atoms with E-state index < -0.39 is 0 Å². The Morgan fingerprint density at radius 2 is 2.03 bits per heavy atom. The Hall–Kier alpha value is -1.77. The van der Waals surface area contributed by atoms with Crippen molar-refractivity contribution in [1.82, 2.24) is 14.3 Å². The van der Waals surface area contributed by atoms with Crippen LogP contribution in [0.25, 0.3) is 0 Å². The number of anilines is 2. The summed E-state index contributed by atoms with van der Waals surface area (Å²) in [4.78, 5) is 22.1. The topological polar surface area (TPSA) is 67.3 Å². The van der Waals surface area contributed by atoms with Crippen molar-refractivity contribution in [2.45, 2.75) is 55.5 Å². The molecule has 1 N–H and O–H groups in total. The largest absolute Gasteiger partial charge is 0.495 e. The molecule has 1 saturated heterocycles. The van der Waals surface area contributed by atoms with Gasteiger partial charge in [0.05, 0.1) is 23.3 Å².